The molecular formula is C16H19ClN2O3. The van der Waals surface area contributed by atoms with Gasteiger partial charge in [-0.05, 0) is 37.5 Å². The van der Waals surface area contributed by atoms with Crippen molar-refractivity contribution in [1.29, 1.82) is 5.26 Å². The minimum atomic E-state index is -0.894. The molecule has 0 aliphatic heterocycles. The number of benzene rings is 1. The van der Waals surface area contributed by atoms with E-state index >= 15 is 0 Å². The molecule has 118 valence electrons. The smallest absolute Gasteiger partial charge is 0.306 e. The Hall–Kier alpha value is -2.06. The zero-order valence-corrected chi connectivity index (χ0v) is 13.6. The Bertz CT molecular complexity index is 594. The van der Waals surface area contributed by atoms with Crippen LogP contribution in [0.15, 0.2) is 18.2 Å². The van der Waals surface area contributed by atoms with E-state index in [4.69, 9.17) is 21.6 Å². The molecule has 6 heteroatoms. The van der Waals surface area contributed by atoms with Gasteiger partial charge in [0, 0.05) is 12.1 Å². The highest BCUT2D eigenvalue weighted by atomic mass is 35.5. The van der Waals surface area contributed by atoms with E-state index in [-0.39, 0.29) is 11.4 Å². The summed E-state index contributed by atoms with van der Waals surface area (Å²) in [5.41, 5.74) is 0.770. The molecule has 0 radical (unpaired) electrons. The molecule has 0 aromatic heterocycles. The molecule has 1 rings (SSSR count). The van der Waals surface area contributed by atoms with E-state index in [0.29, 0.717) is 17.2 Å². The van der Waals surface area contributed by atoms with Crippen molar-refractivity contribution in [2.75, 3.05) is 5.32 Å². The van der Waals surface area contributed by atoms with Crippen LogP contribution < -0.4 is 5.32 Å². The average Bonchev–Trinajstić information content (AvgIpc) is 2.45. The van der Waals surface area contributed by atoms with Crippen molar-refractivity contribution >= 4 is 29.2 Å². The second-order valence-corrected chi connectivity index (χ2v) is 5.77. The Labute approximate surface area is 135 Å². The van der Waals surface area contributed by atoms with Crippen molar-refractivity contribution in [3.8, 4) is 6.07 Å². The lowest BCUT2D eigenvalue weighted by molar-refractivity contribution is -0.153. The Morgan fingerprint density at radius 3 is 2.59 bits per heavy atom. The summed E-state index contributed by atoms with van der Waals surface area (Å²) >= 11 is 5.89. The molecule has 0 spiro atoms. The number of ether oxygens (including phenoxy) is 1. The molecule has 0 saturated carbocycles. The fraction of sp³-hybridized carbons (Fsp3) is 0.438. The van der Waals surface area contributed by atoms with Crippen LogP contribution in [0.5, 0.6) is 0 Å². The molecular weight excluding hydrogens is 304 g/mol. The van der Waals surface area contributed by atoms with Gasteiger partial charge in [0.05, 0.1) is 10.6 Å². The van der Waals surface area contributed by atoms with Crippen LogP contribution in [0.3, 0.4) is 0 Å². The van der Waals surface area contributed by atoms with Crippen molar-refractivity contribution in [2.45, 2.75) is 39.7 Å². The van der Waals surface area contributed by atoms with E-state index in [0.717, 1.165) is 6.42 Å². The summed E-state index contributed by atoms with van der Waals surface area (Å²) in [7, 11) is 0. The molecule has 1 atom stereocenters. The van der Waals surface area contributed by atoms with E-state index in [1.54, 1.807) is 6.07 Å². The van der Waals surface area contributed by atoms with E-state index in [9.17, 15) is 9.59 Å². The number of anilines is 1. The lowest BCUT2D eigenvalue weighted by atomic mass is 10.1. The van der Waals surface area contributed by atoms with E-state index in [2.05, 4.69) is 5.32 Å². The first-order chi connectivity index (χ1) is 10.3. The van der Waals surface area contributed by atoms with Gasteiger partial charge in [0.25, 0.3) is 5.91 Å². The van der Waals surface area contributed by atoms with Gasteiger partial charge in [-0.3, -0.25) is 9.59 Å². The zero-order chi connectivity index (χ0) is 16.7. The molecule has 0 aliphatic carbocycles. The molecule has 0 fully saturated rings. The van der Waals surface area contributed by atoms with Crippen LogP contribution in [0, 0.1) is 17.2 Å². The number of halogens is 1. The second kappa shape index (κ2) is 8.40. The number of carbonyl (C=O) groups is 2. The fourth-order valence-electron chi connectivity index (χ4n) is 1.64. The summed E-state index contributed by atoms with van der Waals surface area (Å²) in [5.74, 6) is -0.439. The van der Waals surface area contributed by atoms with Gasteiger partial charge < -0.3 is 10.1 Å². The summed E-state index contributed by atoms with van der Waals surface area (Å²) in [5, 5.41) is 11.6. The Morgan fingerprint density at radius 1 is 1.36 bits per heavy atom. The van der Waals surface area contributed by atoms with E-state index < -0.39 is 18.0 Å². The van der Waals surface area contributed by atoms with Crippen molar-refractivity contribution in [3.05, 3.63) is 28.8 Å². The maximum Gasteiger partial charge on any atom is 0.306 e. The fourth-order valence-corrected chi connectivity index (χ4v) is 1.87. The molecule has 1 N–H and O–H groups in total. The minimum absolute atomic E-state index is 0.252. The molecule has 1 aromatic rings. The zero-order valence-electron chi connectivity index (χ0n) is 12.9. The predicted octanol–water partition coefficient (Wildman–Crippen LogP) is 3.52. The van der Waals surface area contributed by atoms with Crippen LogP contribution in [-0.4, -0.2) is 18.0 Å². The Balaban J connectivity index is 2.56. The Morgan fingerprint density at radius 2 is 2.05 bits per heavy atom. The highest BCUT2D eigenvalue weighted by molar-refractivity contribution is 6.32. The number of nitrogens with one attached hydrogen (secondary N) is 1. The lowest BCUT2D eigenvalue weighted by Crippen LogP contribution is -2.30. The third-order valence-corrected chi connectivity index (χ3v) is 3.27. The number of nitriles is 1. The van der Waals surface area contributed by atoms with Crippen molar-refractivity contribution in [1.82, 2.24) is 0 Å². The number of amides is 1. The third-order valence-electron chi connectivity index (χ3n) is 2.96. The summed E-state index contributed by atoms with van der Waals surface area (Å²) in [6.45, 7) is 5.53. The van der Waals surface area contributed by atoms with Crippen LogP contribution in [0.1, 0.15) is 39.2 Å². The third kappa shape index (κ3) is 5.74. The number of nitrogens with zero attached hydrogens (tertiary/aromatic N) is 1. The van der Waals surface area contributed by atoms with Crippen molar-refractivity contribution in [3.63, 3.8) is 0 Å². The first-order valence-corrected chi connectivity index (χ1v) is 7.41. The van der Waals surface area contributed by atoms with Crippen LogP contribution in [-0.2, 0) is 14.3 Å². The second-order valence-electron chi connectivity index (χ2n) is 5.36. The van der Waals surface area contributed by atoms with Crippen molar-refractivity contribution < 1.29 is 14.3 Å². The number of rotatable bonds is 6. The molecule has 0 heterocycles. The number of esters is 1. The summed E-state index contributed by atoms with van der Waals surface area (Å²) < 4.78 is 5.07. The SMILES string of the molecule is CC(C)CCC(=O)OC(C)C(=O)Nc1ccc(C#N)c(Cl)c1. The topological polar surface area (TPSA) is 79.2 Å². The molecule has 1 amide bonds. The molecule has 0 aliphatic rings. The molecule has 0 bridgehead atoms. The first-order valence-electron chi connectivity index (χ1n) is 7.03. The quantitative estimate of drug-likeness (QED) is 0.813. The number of hydrogen-bond donors (Lipinski definition) is 1. The van der Waals surface area contributed by atoms with Crippen LogP contribution in [0.25, 0.3) is 0 Å². The lowest BCUT2D eigenvalue weighted by Gasteiger charge is -2.14. The maximum atomic E-state index is 12.0. The van der Waals surface area contributed by atoms with Gasteiger partial charge in [0.1, 0.15) is 6.07 Å². The molecule has 1 unspecified atom stereocenters. The average molecular weight is 323 g/mol. The standard InChI is InChI=1S/C16H19ClN2O3/c1-10(2)4-7-15(20)22-11(3)16(21)19-13-6-5-12(9-18)14(17)8-13/h5-6,8,10-11H,4,7H2,1-3H3,(H,19,21). The van der Waals surface area contributed by atoms with E-state index in [1.165, 1.54) is 19.1 Å². The maximum absolute atomic E-state index is 12.0. The van der Waals surface area contributed by atoms with Gasteiger partial charge in [0.15, 0.2) is 6.10 Å². The van der Waals surface area contributed by atoms with Gasteiger partial charge in [0.2, 0.25) is 0 Å². The predicted molar refractivity (Wildman–Crippen MR) is 84.4 cm³/mol. The summed E-state index contributed by atoms with van der Waals surface area (Å²) in [6.07, 6.45) is 0.116. The van der Waals surface area contributed by atoms with Gasteiger partial charge in [-0.15, -0.1) is 0 Å². The molecule has 0 saturated heterocycles. The monoisotopic (exact) mass is 322 g/mol. The number of carbonyl (C=O) groups excluding carboxylic acids is 2. The van der Waals surface area contributed by atoms with Gasteiger partial charge in [-0.2, -0.15) is 5.26 Å². The first kappa shape index (κ1) is 18.0. The van der Waals surface area contributed by atoms with Crippen molar-refractivity contribution in [2.24, 2.45) is 5.92 Å². The van der Waals surface area contributed by atoms with Gasteiger partial charge >= 0.3 is 5.97 Å². The number of hydrogen-bond acceptors (Lipinski definition) is 4. The minimum Gasteiger partial charge on any atom is -0.453 e. The largest absolute Gasteiger partial charge is 0.453 e. The highest BCUT2D eigenvalue weighted by Crippen LogP contribution is 2.20. The van der Waals surface area contributed by atoms with Crippen LogP contribution >= 0.6 is 11.6 Å². The molecule has 5 nitrogen and oxygen atoms in total. The normalized spacial score (nSPS) is 11.6. The molecule has 22 heavy (non-hydrogen) atoms. The van der Waals surface area contributed by atoms with Gasteiger partial charge in [-0.1, -0.05) is 25.4 Å². The molecule has 1 aromatic carbocycles. The van der Waals surface area contributed by atoms with Gasteiger partial charge in [-0.25, -0.2) is 0 Å². The van der Waals surface area contributed by atoms with Crippen LogP contribution in [0.4, 0.5) is 5.69 Å². The van der Waals surface area contributed by atoms with Crippen LogP contribution in [0.2, 0.25) is 5.02 Å². The highest BCUT2D eigenvalue weighted by Gasteiger charge is 2.18. The van der Waals surface area contributed by atoms with E-state index in [1.807, 2.05) is 19.9 Å². The summed E-state index contributed by atoms with van der Waals surface area (Å²) in [4.78, 5) is 23.5. The Kier molecular flexibility index (Phi) is 6.87. The summed E-state index contributed by atoms with van der Waals surface area (Å²) in [6, 6.07) is 6.49.